The number of carbonyl (C=O) groups excluding carboxylic acids is 2. The van der Waals surface area contributed by atoms with Gasteiger partial charge in [0.2, 0.25) is 5.91 Å². The van der Waals surface area contributed by atoms with E-state index in [2.05, 4.69) is 20.2 Å². The first-order valence-electron chi connectivity index (χ1n) is 8.77. The Kier molecular flexibility index (Phi) is 5.16. The summed E-state index contributed by atoms with van der Waals surface area (Å²) in [5, 5.41) is 5.88. The third-order valence-electron chi connectivity index (χ3n) is 4.75. The minimum Gasteiger partial charge on any atom is -0.350 e. The first kappa shape index (κ1) is 17.2. The van der Waals surface area contributed by atoms with Crippen LogP contribution in [0.15, 0.2) is 36.8 Å². The molecule has 1 aliphatic heterocycles. The van der Waals surface area contributed by atoms with Gasteiger partial charge in [0.15, 0.2) is 0 Å². The molecule has 0 aliphatic carbocycles. The van der Waals surface area contributed by atoms with E-state index in [4.69, 9.17) is 0 Å². The molecule has 1 aromatic heterocycles. The van der Waals surface area contributed by atoms with Crippen molar-refractivity contribution in [2.24, 2.45) is 5.92 Å². The third kappa shape index (κ3) is 4.07. The molecule has 0 saturated heterocycles. The predicted molar refractivity (Wildman–Crippen MR) is 96.3 cm³/mol. The van der Waals surface area contributed by atoms with E-state index < -0.39 is 0 Å². The number of aryl methyl sites for hydroxylation is 1. The van der Waals surface area contributed by atoms with Crippen molar-refractivity contribution in [1.29, 1.82) is 0 Å². The van der Waals surface area contributed by atoms with Crippen molar-refractivity contribution < 1.29 is 9.59 Å². The first-order valence-corrected chi connectivity index (χ1v) is 8.77. The zero-order chi connectivity index (χ0) is 17.8. The highest BCUT2D eigenvalue weighted by molar-refractivity contribution is 5.96. The summed E-state index contributed by atoms with van der Waals surface area (Å²) in [6, 6.07) is 7.17. The quantitative estimate of drug-likeness (QED) is 0.878. The molecular formula is C19H24N4O2. The van der Waals surface area contributed by atoms with E-state index in [1.54, 1.807) is 24.3 Å². The number of anilines is 1. The summed E-state index contributed by atoms with van der Waals surface area (Å²) in [7, 11) is 0. The summed E-state index contributed by atoms with van der Waals surface area (Å²) in [6.07, 6.45) is 6.04. The lowest BCUT2D eigenvalue weighted by Crippen LogP contribution is -2.32. The number of nitrogens with zero attached hydrogens (tertiary/aromatic N) is 2. The topological polar surface area (TPSA) is 76.0 Å². The minimum absolute atomic E-state index is 0.0178. The van der Waals surface area contributed by atoms with E-state index in [-0.39, 0.29) is 23.8 Å². The number of hydrogen-bond acceptors (Lipinski definition) is 3. The van der Waals surface area contributed by atoms with E-state index in [1.165, 1.54) is 0 Å². The smallest absolute Gasteiger partial charge is 0.251 e. The summed E-state index contributed by atoms with van der Waals surface area (Å²) in [5.74, 6) is -0.116. The van der Waals surface area contributed by atoms with Gasteiger partial charge in [0.25, 0.3) is 5.91 Å². The molecule has 1 aliphatic rings. The molecule has 1 aromatic carbocycles. The zero-order valence-corrected chi connectivity index (χ0v) is 14.7. The number of aromatic nitrogens is 2. The fourth-order valence-corrected chi connectivity index (χ4v) is 2.95. The molecule has 0 saturated carbocycles. The number of fused-ring (bicyclic) bond motifs is 1. The van der Waals surface area contributed by atoms with Crippen LogP contribution >= 0.6 is 0 Å². The van der Waals surface area contributed by atoms with E-state index >= 15 is 0 Å². The van der Waals surface area contributed by atoms with Crippen molar-refractivity contribution in [1.82, 2.24) is 14.9 Å². The van der Waals surface area contributed by atoms with Crippen molar-refractivity contribution in [2.75, 3.05) is 5.32 Å². The summed E-state index contributed by atoms with van der Waals surface area (Å²) >= 11 is 0. The van der Waals surface area contributed by atoms with Crippen molar-refractivity contribution >= 4 is 17.5 Å². The Balaban J connectivity index is 1.58. The second kappa shape index (κ2) is 7.51. The molecule has 0 bridgehead atoms. The van der Waals surface area contributed by atoms with Gasteiger partial charge < -0.3 is 15.2 Å². The van der Waals surface area contributed by atoms with Gasteiger partial charge in [0.1, 0.15) is 0 Å². The van der Waals surface area contributed by atoms with Gasteiger partial charge in [-0.3, -0.25) is 9.59 Å². The van der Waals surface area contributed by atoms with Crippen LogP contribution < -0.4 is 10.6 Å². The molecule has 6 nitrogen and oxygen atoms in total. The number of nitrogens with one attached hydrogen (secondary N) is 2. The average molecular weight is 340 g/mol. The molecule has 0 unspecified atom stereocenters. The highest BCUT2D eigenvalue weighted by atomic mass is 16.2. The molecule has 2 N–H and O–H groups in total. The van der Waals surface area contributed by atoms with Gasteiger partial charge in [-0.05, 0) is 44.0 Å². The highest BCUT2D eigenvalue weighted by Gasteiger charge is 2.24. The predicted octanol–water partition coefficient (Wildman–Crippen LogP) is 2.61. The van der Waals surface area contributed by atoms with Gasteiger partial charge >= 0.3 is 0 Å². The lowest BCUT2D eigenvalue weighted by molar-refractivity contribution is -0.120. The standard InChI is InChI=1S/C19H24N4O2/c1-3-13(2)21-18(24)14-4-6-16(7-5-14)22-19(25)15-8-9-23-12-20-11-17(23)10-15/h4-7,11-13,15H,3,8-10H2,1-2H3,(H,21,24)(H,22,25)/t13-,15+/m0/s1. The third-order valence-corrected chi connectivity index (χ3v) is 4.75. The van der Waals surface area contributed by atoms with Crippen LogP contribution in [0.4, 0.5) is 5.69 Å². The van der Waals surface area contributed by atoms with Crippen LogP contribution in [0.2, 0.25) is 0 Å². The molecule has 0 spiro atoms. The van der Waals surface area contributed by atoms with Crippen LogP contribution in [0, 0.1) is 5.92 Å². The van der Waals surface area contributed by atoms with Gasteiger partial charge in [-0.25, -0.2) is 4.98 Å². The Labute approximate surface area is 147 Å². The van der Waals surface area contributed by atoms with E-state index in [1.807, 2.05) is 26.4 Å². The van der Waals surface area contributed by atoms with Crippen LogP contribution in [-0.2, 0) is 17.8 Å². The minimum atomic E-state index is -0.0900. The highest BCUT2D eigenvalue weighted by Crippen LogP contribution is 2.21. The molecule has 2 heterocycles. The second-order valence-corrected chi connectivity index (χ2v) is 6.62. The normalized spacial score (nSPS) is 17.4. The van der Waals surface area contributed by atoms with Gasteiger partial charge in [0, 0.05) is 48.1 Å². The molecule has 0 fully saturated rings. The Bertz CT molecular complexity index is 751. The Hall–Kier alpha value is -2.63. The van der Waals surface area contributed by atoms with Crippen molar-refractivity contribution in [3.63, 3.8) is 0 Å². The molecule has 132 valence electrons. The number of amides is 2. The van der Waals surface area contributed by atoms with Crippen LogP contribution in [-0.4, -0.2) is 27.4 Å². The second-order valence-electron chi connectivity index (χ2n) is 6.62. The molecule has 2 atom stereocenters. The maximum atomic E-state index is 12.5. The molecule has 2 aromatic rings. The Morgan fingerprint density at radius 3 is 2.80 bits per heavy atom. The largest absolute Gasteiger partial charge is 0.350 e. The zero-order valence-electron chi connectivity index (χ0n) is 14.7. The van der Waals surface area contributed by atoms with Gasteiger partial charge in [-0.15, -0.1) is 0 Å². The monoisotopic (exact) mass is 340 g/mol. The van der Waals surface area contributed by atoms with Crippen molar-refractivity contribution in [3.8, 4) is 0 Å². The van der Waals surface area contributed by atoms with Crippen LogP contribution in [0.3, 0.4) is 0 Å². The number of carbonyl (C=O) groups is 2. The maximum absolute atomic E-state index is 12.5. The van der Waals surface area contributed by atoms with E-state index in [9.17, 15) is 9.59 Å². The summed E-state index contributed by atoms with van der Waals surface area (Å²) in [4.78, 5) is 28.7. The SMILES string of the molecule is CC[C@H](C)NC(=O)c1ccc(NC(=O)[C@@H]2CCn3cncc3C2)cc1. The number of imidazole rings is 1. The van der Waals surface area contributed by atoms with Gasteiger partial charge in [0.05, 0.1) is 6.33 Å². The fourth-order valence-electron chi connectivity index (χ4n) is 2.95. The molecule has 6 heteroatoms. The molecule has 25 heavy (non-hydrogen) atoms. The average Bonchev–Trinajstić information content (AvgIpc) is 3.09. The van der Waals surface area contributed by atoms with Crippen LogP contribution in [0.5, 0.6) is 0 Å². The number of benzene rings is 1. The summed E-state index contributed by atoms with van der Waals surface area (Å²) in [5.41, 5.74) is 2.41. The summed E-state index contributed by atoms with van der Waals surface area (Å²) < 4.78 is 2.09. The van der Waals surface area contributed by atoms with Crippen molar-refractivity contribution in [2.45, 2.75) is 45.7 Å². The lowest BCUT2D eigenvalue weighted by atomic mass is 9.95. The molecule has 3 rings (SSSR count). The first-order chi connectivity index (χ1) is 12.1. The molecule has 0 radical (unpaired) electrons. The fraction of sp³-hybridized carbons (Fsp3) is 0.421. The lowest BCUT2D eigenvalue weighted by Gasteiger charge is -2.23. The van der Waals surface area contributed by atoms with Gasteiger partial charge in [-0.2, -0.15) is 0 Å². The van der Waals surface area contributed by atoms with Crippen LogP contribution in [0.1, 0.15) is 42.7 Å². The number of hydrogen-bond donors (Lipinski definition) is 2. The molecule has 2 amide bonds. The summed E-state index contributed by atoms with van der Waals surface area (Å²) in [6.45, 7) is 4.83. The van der Waals surface area contributed by atoms with Crippen LogP contribution in [0.25, 0.3) is 0 Å². The number of rotatable bonds is 5. The Morgan fingerprint density at radius 1 is 1.32 bits per heavy atom. The molecular weight excluding hydrogens is 316 g/mol. The Morgan fingerprint density at radius 2 is 2.08 bits per heavy atom. The van der Waals surface area contributed by atoms with E-state index in [0.717, 1.165) is 25.1 Å². The maximum Gasteiger partial charge on any atom is 0.251 e. The van der Waals surface area contributed by atoms with Crippen molar-refractivity contribution in [3.05, 3.63) is 48.0 Å². The van der Waals surface area contributed by atoms with Gasteiger partial charge in [-0.1, -0.05) is 6.92 Å². The van der Waals surface area contributed by atoms with E-state index in [0.29, 0.717) is 17.7 Å².